The van der Waals surface area contributed by atoms with Gasteiger partial charge in [-0.15, -0.1) is 11.3 Å². The van der Waals surface area contributed by atoms with Gasteiger partial charge in [0.05, 0.1) is 9.88 Å². The van der Waals surface area contributed by atoms with Gasteiger partial charge < -0.3 is 10.6 Å². The van der Waals surface area contributed by atoms with Crippen molar-refractivity contribution in [2.75, 3.05) is 5.32 Å². The van der Waals surface area contributed by atoms with Crippen molar-refractivity contribution in [3.8, 4) is 0 Å². The highest BCUT2D eigenvalue weighted by Gasteiger charge is 2.26. The minimum Gasteiger partial charge on any atom is -0.348 e. The monoisotopic (exact) mass is 336 g/mol. The maximum Gasteiger partial charge on any atom is 0.261 e. The number of nitrogens with one attached hydrogen (secondary N) is 2. The molecule has 2 atom stereocenters. The van der Waals surface area contributed by atoms with Crippen LogP contribution in [-0.4, -0.2) is 17.9 Å². The Balaban J connectivity index is 2.05. The third-order valence-corrected chi connectivity index (χ3v) is 5.62. The molecule has 1 saturated carbocycles. The molecule has 0 aromatic carbocycles. The van der Waals surface area contributed by atoms with Gasteiger partial charge in [0.1, 0.15) is 0 Å². The Bertz CT molecular complexity index is 586. The number of anilines is 1. The highest BCUT2D eigenvalue weighted by molar-refractivity contribution is 7.18. The fourth-order valence-electron chi connectivity index (χ4n) is 2.83. The van der Waals surface area contributed by atoms with Gasteiger partial charge in [-0.1, -0.05) is 40.5 Å². The van der Waals surface area contributed by atoms with Crippen LogP contribution in [0.25, 0.3) is 0 Å². The summed E-state index contributed by atoms with van der Waals surface area (Å²) in [6, 6.07) is 2.15. The lowest BCUT2D eigenvalue weighted by Gasteiger charge is -2.29. The average molecular weight is 337 g/mol. The van der Waals surface area contributed by atoms with E-state index in [-0.39, 0.29) is 17.9 Å². The van der Waals surface area contributed by atoms with Crippen molar-refractivity contribution in [1.82, 2.24) is 5.32 Å². The van der Waals surface area contributed by atoms with Crippen LogP contribution in [0.5, 0.6) is 0 Å². The number of aryl methyl sites for hydroxylation is 1. The molecule has 128 valence electrons. The molecule has 1 aromatic heterocycles. The third kappa shape index (κ3) is 4.56. The van der Waals surface area contributed by atoms with E-state index in [2.05, 4.69) is 17.6 Å². The topological polar surface area (TPSA) is 58.2 Å². The molecule has 2 rings (SSSR count). The lowest BCUT2D eigenvalue weighted by atomic mass is 9.86. The van der Waals surface area contributed by atoms with E-state index in [1.54, 1.807) is 0 Å². The van der Waals surface area contributed by atoms with Gasteiger partial charge in [0, 0.05) is 11.5 Å². The number of carbonyl (C=O) groups is 2. The lowest BCUT2D eigenvalue weighted by molar-refractivity contribution is -0.123. The van der Waals surface area contributed by atoms with E-state index in [1.165, 1.54) is 30.6 Å². The molecule has 0 saturated heterocycles. The van der Waals surface area contributed by atoms with E-state index in [0.29, 0.717) is 10.8 Å². The van der Waals surface area contributed by atoms with Crippen molar-refractivity contribution in [3.63, 3.8) is 0 Å². The van der Waals surface area contributed by atoms with Crippen molar-refractivity contribution in [2.24, 2.45) is 11.3 Å². The predicted octanol–water partition coefficient (Wildman–Crippen LogP) is 4.35. The summed E-state index contributed by atoms with van der Waals surface area (Å²) in [6.07, 6.45) is 4.69. The van der Waals surface area contributed by atoms with E-state index in [4.69, 9.17) is 0 Å². The Morgan fingerprint density at radius 3 is 2.48 bits per heavy atom. The molecule has 1 fully saturated rings. The number of carbonyl (C=O) groups excluding carboxylic acids is 2. The van der Waals surface area contributed by atoms with Gasteiger partial charge in [0.2, 0.25) is 5.91 Å². The second-order valence-electron chi connectivity index (χ2n) is 7.67. The summed E-state index contributed by atoms with van der Waals surface area (Å²) < 4.78 is 0. The van der Waals surface area contributed by atoms with E-state index < -0.39 is 5.41 Å². The highest BCUT2D eigenvalue weighted by Crippen LogP contribution is 2.29. The van der Waals surface area contributed by atoms with Crippen molar-refractivity contribution < 1.29 is 9.59 Å². The van der Waals surface area contributed by atoms with Gasteiger partial charge in [-0.25, -0.2) is 0 Å². The molecule has 0 aliphatic heterocycles. The molecule has 4 nitrogen and oxygen atoms in total. The fraction of sp³-hybridized carbons (Fsp3) is 0.667. The second-order valence-corrected chi connectivity index (χ2v) is 8.72. The summed E-state index contributed by atoms with van der Waals surface area (Å²) in [7, 11) is 0. The van der Waals surface area contributed by atoms with Gasteiger partial charge in [-0.05, 0) is 37.3 Å². The maximum atomic E-state index is 12.6. The van der Waals surface area contributed by atoms with E-state index >= 15 is 0 Å². The SMILES string of the molecule is Cc1cc(NC(=O)C(C)(C)C)sc1C(=O)NC1CCCCC1C. The molecule has 5 heteroatoms. The Morgan fingerprint density at radius 2 is 1.87 bits per heavy atom. The van der Waals surface area contributed by atoms with Crippen LogP contribution in [-0.2, 0) is 4.79 Å². The largest absolute Gasteiger partial charge is 0.348 e. The third-order valence-electron chi connectivity index (χ3n) is 4.47. The molecule has 0 radical (unpaired) electrons. The number of hydrogen-bond donors (Lipinski definition) is 2. The lowest BCUT2D eigenvalue weighted by Crippen LogP contribution is -2.40. The first-order valence-corrected chi connectivity index (χ1v) is 9.23. The average Bonchev–Trinajstić information content (AvgIpc) is 2.81. The number of hydrogen-bond acceptors (Lipinski definition) is 3. The van der Waals surface area contributed by atoms with Gasteiger partial charge in [-0.2, -0.15) is 0 Å². The molecule has 1 aromatic rings. The summed E-state index contributed by atoms with van der Waals surface area (Å²) in [5.74, 6) is 0.488. The first-order valence-electron chi connectivity index (χ1n) is 8.41. The molecule has 0 bridgehead atoms. The molecule has 1 aliphatic carbocycles. The molecule has 2 unspecified atom stereocenters. The zero-order valence-corrected chi connectivity index (χ0v) is 15.6. The summed E-state index contributed by atoms with van der Waals surface area (Å²) in [5.41, 5.74) is 0.470. The summed E-state index contributed by atoms with van der Waals surface area (Å²) in [5, 5.41) is 6.83. The predicted molar refractivity (Wildman–Crippen MR) is 96.0 cm³/mol. The van der Waals surface area contributed by atoms with E-state index in [9.17, 15) is 9.59 Å². The van der Waals surface area contributed by atoms with Crippen LogP contribution in [0.4, 0.5) is 5.00 Å². The van der Waals surface area contributed by atoms with Gasteiger partial charge in [0.25, 0.3) is 5.91 Å². The molecule has 1 heterocycles. The maximum absolute atomic E-state index is 12.6. The van der Waals surface area contributed by atoms with Crippen LogP contribution in [0.15, 0.2) is 6.07 Å². The molecule has 2 amide bonds. The molecule has 1 aliphatic rings. The summed E-state index contributed by atoms with van der Waals surface area (Å²) in [4.78, 5) is 25.3. The Hall–Kier alpha value is -1.36. The molecular weight excluding hydrogens is 308 g/mol. The number of thiophene rings is 1. The minimum absolute atomic E-state index is 0.0116. The summed E-state index contributed by atoms with van der Waals surface area (Å²) in [6.45, 7) is 9.76. The van der Waals surface area contributed by atoms with Crippen molar-refractivity contribution in [3.05, 3.63) is 16.5 Å². The van der Waals surface area contributed by atoms with Crippen molar-refractivity contribution in [1.29, 1.82) is 0 Å². The first kappa shape index (κ1) is 18.0. The Morgan fingerprint density at radius 1 is 1.22 bits per heavy atom. The Labute approximate surface area is 143 Å². The molecule has 23 heavy (non-hydrogen) atoms. The van der Waals surface area contributed by atoms with E-state index in [1.807, 2.05) is 33.8 Å². The van der Waals surface area contributed by atoms with E-state index in [0.717, 1.165) is 17.0 Å². The standard InChI is InChI=1S/C18H28N2O2S/c1-11-8-6-7-9-13(11)19-16(21)15-12(2)10-14(23-15)20-17(22)18(3,4)5/h10-11,13H,6-9H2,1-5H3,(H,19,21)(H,20,22). The minimum atomic E-state index is -0.447. The zero-order chi connectivity index (χ0) is 17.2. The van der Waals surface area contributed by atoms with Gasteiger partial charge >= 0.3 is 0 Å². The second kappa shape index (κ2) is 7.04. The summed E-state index contributed by atoms with van der Waals surface area (Å²) >= 11 is 1.36. The van der Waals surface area contributed by atoms with Crippen LogP contribution in [0.2, 0.25) is 0 Å². The fourth-order valence-corrected chi connectivity index (χ4v) is 3.80. The molecule has 2 N–H and O–H groups in total. The zero-order valence-electron chi connectivity index (χ0n) is 14.8. The quantitative estimate of drug-likeness (QED) is 0.862. The van der Waals surface area contributed by atoms with Crippen LogP contribution < -0.4 is 10.6 Å². The number of rotatable bonds is 3. The first-order chi connectivity index (χ1) is 10.7. The molecule has 0 spiro atoms. The molecular formula is C18H28N2O2S. The van der Waals surface area contributed by atoms with Crippen LogP contribution in [0.1, 0.15) is 68.6 Å². The Kier molecular flexibility index (Phi) is 5.50. The smallest absolute Gasteiger partial charge is 0.261 e. The highest BCUT2D eigenvalue weighted by atomic mass is 32.1. The van der Waals surface area contributed by atoms with Gasteiger partial charge in [0.15, 0.2) is 0 Å². The van der Waals surface area contributed by atoms with Crippen LogP contribution in [0.3, 0.4) is 0 Å². The normalized spacial score (nSPS) is 21.8. The van der Waals surface area contributed by atoms with Crippen LogP contribution >= 0.6 is 11.3 Å². The van der Waals surface area contributed by atoms with Crippen molar-refractivity contribution >= 4 is 28.2 Å². The van der Waals surface area contributed by atoms with Crippen LogP contribution in [0, 0.1) is 18.3 Å². The number of amides is 2. The van der Waals surface area contributed by atoms with Gasteiger partial charge in [-0.3, -0.25) is 9.59 Å². The van der Waals surface area contributed by atoms with Crippen molar-refractivity contribution in [2.45, 2.75) is 66.3 Å².